The Labute approximate surface area is 110 Å². The Morgan fingerprint density at radius 2 is 1.35 bits per heavy atom. The van der Waals surface area contributed by atoms with Gasteiger partial charge in [-0.05, 0) is 44.4 Å². The van der Waals surface area contributed by atoms with E-state index >= 15 is 0 Å². The summed E-state index contributed by atoms with van der Waals surface area (Å²) in [4.78, 5) is 0. The van der Waals surface area contributed by atoms with Crippen molar-refractivity contribution in [1.82, 2.24) is 0 Å². The molecule has 2 bridgehead atoms. The number of hydrogen-bond donors (Lipinski definition) is 1. The third-order valence-corrected chi connectivity index (χ3v) is 6.79. The lowest BCUT2D eigenvalue weighted by Gasteiger charge is -2.47. The molecule has 2 heteroatoms. The Balaban J connectivity index is 1.70. The molecule has 98 valence electrons. The van der Waals surface area contributed by atoms with Gasteiger partial charge in [-0.25, -0.2) is 0 Å². The van der Waals surface area contributed by atoms with Gasteiger partial charge in [0, 0.05) is 10.5 Å². The molecule has 0 radical (unpaired) electrons. The van der Waals surface area contributed by atoms with Gasteiger partial charge in [0.2, 0.25) is 0 Å². The molecule has 1 nitrogen and oxygen atoms in total. The van der Waals surface area contributed by atoms with Gasteiger partial charge >= 0.3 is 0 Å². The second-order valence-corrected chi connectivity index (χ2v) is 8.12. The Kier molecular flexibility index (Phi) is 3.72. The fourth-order valence-electron chi connectivity index (χ4n) is 4.30. The van der Waals surface area contributed by atoms with Crippen molar-refractivity contribution in [2.45, 2.75) is 86.7 Å². The quantitative estimate of drug-likeness (QED) is 0.710. The lowest BCUT2D eigenvalue weighted by molar-refractivity contribution is -0.0470. The summed E-state index contributed by atoms with van der Waals surface area (Å²) in [6.07, 6.45) is 14.4. The highest BCUT2D eigenvalue weighted by Gasteiger charge is 2.45. The molecule has 0 aromatic carbocycles. The van der Waals surface area contributed by atoms with Crippen LogP contribution in [0.5, 0.6) is 0 Å². The van der Waals surface area contributed by atoms with Gasteiger partial charge in [0.25, 0.3) is 0 Å². The highest BCUT2D eigenvalue weighted by atomic mass is 32.2. The van der Waals surface area contributed by atoms with Crippen LogP contribution >= 0.6 is 11.8 Å². The van der Waals surface area contributed by atoms with Crippen LogP contribution in [-0.4, -0.2) is 21.2 Å². The minimum absolute atomic E-state index is 0.286. The highest BCUT2D eigenvalue weighted by molar-refractivity contribution is 8.00. The van der Waals surface area contributed by atoms with Crippen molar-refractivity contribution in [3.05, 3.63) is 0 Å². The zero-order valence-electron chi connectivity index (χ0n) is 10.9. The molecule has 2 heterocycles. The lowest BCUT2D eigenvalue weighted by atomic mass is 9.73. The predicted octanol–water partition coefficient (Wildman–Crippen LogP) is 4.14. The Morgan fingerprint density at radius 3 is 1.94 bits per heavy atom. The van der Waals surface area contributed by atoms with Crippen LogP contribution in [0.1, 0.15) is 70.6 Å². The molecule has 2 aliphatic heterocycles. The first-order valence-electron chi connectivity index (χ1n) is 7.64. The Hall–Kier alpha value is 0.310. The third-order valence-electron chi connectivity index (χ3n) is 5.21. The van der Waals surface area contributed by atoms with E-state index in [2.05, 4.69) is 11.8 Å². The van der Waals surface area contributed by atoms with Gasteiger partial charge in [-0.15, -0.1) is 0 Å². The summed E-state index contributed by atoms with van der Waals surface area (Å²) in [6, 6.07) is 0. The second-order valence-electron chi connectivity index (χ2n) is 6.51. The van der Waals surface area contributed by atoms with Gasteiger partial charge < -0.3 is 5.11 Å². The van der Waals surface area contributed by atoms with E-state index in [1.807, 2.05) is 0 Å². The molecular formula is C15H26OS. The van der Waals surface area contributed by atoms with E-state index in [1.165, 1.54) is 57.8 Å². The van der Waals surface area contributed by atoms with E-state index in [4.69, 9.17) is 0 Å². The average molecular weight is 254 g/mol. The summed E-state index contributed by atoms with van der Waals surface area (Å²) >= 11 is 2.18. The van der Waals surface area contributed by atoms with Crippen molar-refractivity contribution in [2.24, 2.45) is 5.92 Å². The highest BCUT2D eigenvalue weighted by Crippen LogP contribution is 2.50. The SMILES string of the molecule is OC1(C2CCCCCC2)CC2CCCC(C1)S2. The summed E-state index contributed by atoms with van der Waals surface area (Å²) in [6.45, 7) is 0. The number of hydrogen-bond acceptors (Lipinski definition) is 2. The van der Waals surface area contributed by atoms with Crippen molar-refractivity contribution in [2.75, 3.05) is 0 Å². The topological polar surface area (TPSA) is 20.2 Å². The van der Waals surface area contributed by atoms with Crippen LogP contribution in [-0.2, 0) is 0 Å². The largest absolute Gasteiger partial charge is 0.390 e. The monoisotopic (exact) mass is 254 g/mol. The van der Waals surface area contributed by atoms with Crippen molar-refractivity contribution in [1.29, 1.82) is 0 Å². The second kappa shape index (κ2) is 5.13. The molecule has 3 rings (SSSR count). The first-order chi connectivity index (χ1) is 8.26. The standard InChI is InChI=1S/C15H26OS/c16-15(12-6-3-1-2-4-7-12)10-13-8-5-9-14(11-15)17-13/h12-14,16H,1-11H2. The van der Waals surface area contributed by atoms with Gasteiger partial charge in [0.15, 0.2) is 0 Å². The molecule has 1 N–H and O–H groups in total. The zero-order valence-corrected chi connectivity index (χ0v) is 11.7. The van der Waals surface area contributed by atoms with Crippen LogP contribution in [0.4, 0.5) is 0 Å². The molecule has 1 saturated carbocycles. The summed E-state index contributed by atoms with van der Waals surface area (Å²) in [5, 5.41) is 12.7. The molecule has 1 aliphatic carbocycles. The lowest BCUT2D eigenvalue weighted by Crippen LogP contribution is -2.47. The summed E-state index contributed by atoms with van der Waals surface area (Å²) in [5.41, 5.74) is -0.286. The molecule has 0 amide bonds. The summed E-state index contributed by atoms with van der Waals surface area (Å²) < 4.78 is 0. The van der Waals surface area contributed by atoms with Gasteiger partial charge in [0.1, 0.15) is 0 Å². The van der Waals surface area contributed by atoms with Gasteiger partial charge in [0.05, 0.1) is 5.60 Å². The maximum absolute atomic E-state index is 11.1. The van der Waals surface area contributed by atoms with E-state index < -0.39 is 0 Å². The maximum atomic E-state index is 11.1. The summed E-state index contributed by atoms with van der Waals surface area (Å²) in [5.74, 6) is 0.619. The number of fused-ring (bicyclic) bond motifs is 2. The molecule has 3 aliphatic rings. The van der Waals surface area contributed by atoms with E-state index in [0.717, 1.165) is 23.3 Å². The molecule has 2 unspecified atom stereocenters. The van der Waals surface area contributed by atoms with E-state index in [0.29, 0.717) is 5.92 Å². The van der Waals surface area contributed by atoms with Crippen molar-refractivity contribution >= 4 is 11.8 Å². The van der Waals surface area contributed by atoms with Crippen LogP contribution in [0.25, 0.3) is 0 Å². The maximum Gasteiger partial charge on any atom is 0.0696 e. The minimum Gasteiger partial charge on any atom is -0.390 e. The van der Waals surface area contributed by atoms with E-state index in [-0.39, 0.29) is 5.60 Å². The van der Waals surface area contributed by atoms with Crippen LogP contribution in [0.3, 0.4) is 0 Å². The fraction of sp³-hybridized carbons (Fsp3) is 1.00. The van der Waals surface area contributed by atoms with Gasteiger partial charge in [-0.2, -0.15) is 11.8 Å². The van der Waals surface area contributed by atoms with E-state index in [9.17, 15) is 5.11 Å². The Bertz CT molecular complexity index is 246. The van der Waals surface area contributed by atoms with Crippen molar-refractivity contribution < 1.29 is 5.11 Å². The first kappa shape index (κ1) is 12.3. The number of aliphatic hydroxyl groups is 1. The number of thioether (sulfide) groups is 1. The fourth-order valence-corrected chi connectivity index (χ4v) is 6.22. The molecule has 2 saturated heterocycles. The van der Waals surface area contributed by atoms with E-state index in [1.54, 1.807) is 0 Å². The molecule has 0 spiro atoms. The molecule has 0 aromatic heterocycles. The molecular weight excluding hydrogens is 228 g/mol. The normalized spacial score (nSPS) is 44.3. The third kappa shape index (κ3) is 2.68. The van der Waals surface area contributed by atoms with Crippen molar-refractivity contribution in [3.8, 4) is 0 Å². The van der Waals surface area contributed by atoms with Crippen molar-refractivity contribution in [3.63, 3.8) is 0 Å². The minimum atomic E-state index is -0.286. The Morgan fingerprint density at radius 1 is 0.765 bits per heavy atom. The summed E-state index contributed by atoms with van der Waals surface area (Å²) in [7, 11) is 0. The molecule has 0 aromatic rings. The zero-order chi connectivity index (χ0) is 11.7. The van der Waals surface area contributed by atoms with Gasteiger partial charge in [-0.3, -0.25) is 0 Å². The first-order valence-corrected chi connectivity index (χ1v) is 8.58. The number of rotatable bonds is 1. The van der Waals surface area contributed by atoms with Crippen LogP contribution in [0, 0.1) is 5.92 Å². The molecule has 2 atom stereocenters. The van der Waals surface area contributed by atoms with Crippen LogP contribution in [0.15, 0.2) is 0 Å². The van der Waals surface area contributed by atoms with Crippen LogP contribution in [0.2, 0.25) is 0 Å². The molecule has 3 fully saturated rings. The van der Waals surface area contributed by atoms with Gasteiger partial charge in [-0.1, -0.05) is 32.1 Å². The molecule has 17 heavy (non-hydrogen) atoms. The van der Waals surface area contributed by atoms with Crippen LogP contribution < -0.4 is 0 Å². The average Bonchev–Trinajstić information content (AvgIpc) is 2.57. The predicted molar refractivity (Wildman–Crippen MR) is 74.4 cm³/mol. The smallest absolute Gasteiger partial charge is 0.0696 e.